The number of aliphatic hydroxyl groups excluding tert-OH is 3. The Kier molecular flexibility index (Phi) is 3.14. The number of aliphatic hydroxyl groups is 3. The van der Waals surface area contributed by atoms with E-state index >= 15 is 0 Å². The Morgan fingerprint density at radius 3 is 2.80 bits per heavy atom. The molecule has 0 aliphatic carbocycles. The second-order valence-corrected chi connectivity index (χ2v) is 5.14. The molecular weight excluding hydrogens is 381 g/mol. The van der Waals surface area contributed by atoms with Gasteiger partial charge in [0, 0.05) is 22.6 Å². The fourth-order valence-corrected chi connectivity index (χ4v) is 2.52. The van der Waals surface area contributed by atoms with Gasteiger partial charge in [0.1, 0.15) is 30.3 Å². The van der Waals surface area contributed by atoms with E-state index < -0.39 is 18.4 Å². The average Bonchev–Trinajstić information content (AvgIpc) is 2.93. The summed E-state index contributed by atoms with van der Waals surface area (Å²) >= 11 is 1.90. The molecule has 0 amide bonds. The number of imidazole rings is 1. The van der Waals surface area contributed by atoms with Crippen molar-refractivity contribution in [1.29, 1.82) is 0 Å². The molecule has 3 atom stereocenters. The topological polar surface area (TPSA) is 140 Å². The quantitative estimate of drug-likeness (QED) is 0.294. The highest BCUT2D eigenvalue weighted by Gasteiger charge is 2.42. The normalized spacial score (nSPS) is 28.1. The Morgan fingerprint density at radius 1 is 1.40 bits per heavy atom. The van der Waals surface area contributed by atoms with Crippen LogP contribution >= 0.6 is 22.6 Å². The van der Waals surface area contributed by atoms with Gasteiger partial charge in [0.15, 0.2) is 21.1 Å². The van der Waals surface area contributed by atoms with E-state index in [1.165, 1.54) is 10.9 Å². The number of ether oxygens (including phenoxy) is 1. The van der Waals surface area contributed by atoms with Crippen molar-refractivity contribution >= 4 is 39.6 Å². The van der Waals surface area contributed by atoms with Crippen molar-refractivity contribution in [3.8, 4) is 0 Å². The van der Waals surface area contributed by atoms with Crippen LogP contribution < -0.4 is 5.73 Å². The van der Waals surface area contributed by atoms with Crippen LogP contribution in [0.2, 0.25) is 0 Å². The SMILES string of the molecule is Nc1nc(I)nc2c1ncn2C1OC(=CO)[C@@H](O)[C@H]1O. The van der Waals surface area contributed by atoms with E-state index in [0.717, 1.165) is 0 Å². The van der Waals surface area contributed by atoms with Gasteiger partial charge >= 0.3 is 0 Å². The zero-order valence-electron chi connectivity index (χ0n) is 9.88. The van der Waals surface area contributed by atoms with Crippen LogP contribution in [-0.2, 0) is 4.74 Å². The molecule has 0 radical (unpaired) electrons. The largest absolute Gasteiger partial charge is 0.512 e. The molecule has 3 rings (SSSR count). The van der Waals surface area contributed by atoms with E-state index in [2.05, 4.69) is 15.0 Å². The summed E-state index contributed by atoms with van der Waals surface area (Å²) in [7, 11) is 0. The number of aromatic nitrogens is 4. The molecule has 0 aromatic carbocycles. The third-order valence-electron chi connectivity index (χ3n) is 2.99. The first-order valence-corrected chi connectivity index (χ1v) is 6.63. The first-order chi connectivity index (χ1) is 9.52. The third-order valence-corrected chi connectivity index (χ3v) is 3.47. The number of nitrogens with zero attached hydrogens (tertiary/aromatic N) is 4. The summed E-state index contributed by atoms with van der Waals surface area (Å²) < 4.78 is 7.15. The van der Waals surface area contributed by atoms with Gasteiger partial charge in [-0.05, 0) is 0 Å². The van der Waals surface area contributed by atoms with E-state index in [9.17, 15) is 10.2 Å². The van der Waals surface area contributed by atoms with Gasteiger partial charge in [-0.3, -0.25) is 4.57 Å². The fraction of sp³-hybridized carbons (Fsp3) is 0.300. The number of halogens is 1. The first kappa shape index (κ1) is 13.3. The van der Waals surface area contributed by atoms with Crippen molar-refractivity contribution < 1.29 is 20.1 Å². The lowest BCUT2D eigenvalue weighted by Gasteiger charge is -2.15. The molecule has 9 nitrogen and oxygen atoms in total. The summed E-state index contributed by atoms with van der Waals surface area (Å²) in [5, 5.41) is 28.6. The number of nitrogen functional groups attached to an aromatic ring is 1. The lowest BCUT2D eigenvalue weighted by atomic mass is 10.2. The Balaban J connectivity index is 2.12. The van der Waals surface area contributed by atoms with Crippen LogP contribution in [0.1, 0.15) is 6.23 Å². The van der Waals surface area contributed by atoms with Gasteiger partial charge in [0.05, 0.1) is 0 Å². The number of nitrogens with two attached hydrogens (primary N) is 1. The van der Waals surface area contributed by atoms with E-state index in [4.69, 9.17) is 15.6 Å². The smallest absolute Gasteiger partial charge is 0.207 e. The number of rotatable bonds is 1. The predicted octanol–water partition coefficient (Wildman–Crippen LogP) is -0.337. The van der Waals surface area contributed by atoms with Crippen LogP contribution in [0.15, 0.2) is 18.3 Å². The van der Waals surface area contributed by atoms with Crippen LogP contribution in [0.4, 0.5) is 5.82 Å². The Labute approximate surface area is 125 Å². The highest BCUT2D eigenvalue weighted by Crippen LogP contribution is 2.33. The van der Waals surface area contributed by atoms with Crippen molar-refractivity contribution in [1.82, 2.24) is 19.5 Å². The van der Waals surface area contributed by atoms with Gasteiger partial charge in [-0.1, -0.05) is 0 Å². The van der Waals surface area contributed by atoms with Crippen molar-refractivity contribution in [2.45, 2.75) is 18.4 Å². The average molecular weight is 391 g/mol. The molecule has 1 aliphatic rings. The highest BCUT2D eigenvalue weighted by molar-refractivity contribution is 14.1. The molecular formula is C10H10IN5O4. The molecule has 106 valence electrons. The molecule has 10 heteroatoms. The van der Waals surface area contributed by atoms with Crippen molar-refractivity contribution in [3.05, 3.63) is 22.2 Å². The van der Waals surface area contributed by atoms with Gasteiger partial charge in [0.2, 0.25) is 6.23 Å². The molecule has 1 aliphatic heterocycles. The summed E-state index contributed by atoms with van der Waals surface area (Å²) in [6, 6.07) is 0. The third kappa shape index (κ3) is 1.87. The molecule has 1 fully saturated rings. The van der Waals surface area contributed by atoms with Gasteiger partial charge < -0.3 is 25.8 Å². The van der Waals surface area contributed by atoms with Crippen LogP contribution in [0.5, 0.6) is 0 Å². The molecule has 0 saturated carbocycles. The summed E-state index contributed by atoms with van der Waals surface area (Å²) in [6.07, 6.45) is -1.55. The molecule has 5 N–H and O–H groups in total. The van der Waals surface area contributed by atoms with E-state index in [0.29, 0.717) is 21.3 Å². The molecule has 3 heterocycles. The van der Waals surface area contributed by atoms with Crippen molar-refractivity contribution in [3.63, 3.8) is 0 Å². The van der Waals surface area contributed by atoms with Crippen LogP contribution in [0.25, 0.3) is 11.2 Å². The maximum atomic E-state index is 9.98. The predicted molar refractivity (Wildman–Crippen MR) is 75.3 cm³/mol. The maximum absolute atomic E-state index is 9.98. The zero-order valence-corrected chi connectivity index (χ0v) is 12.0. The number of hydrogen-bond acceptors (Lipinski definition) is 8. The van der Waals surface area contributed by atoms with E-state index in [1.54, 1.807) is 0 Å². The second kappa shape index (κ2) is 4.71. The molecule has 1 saturated heterocycles. The van der Waals surface area contributed by atoms with E-state index in [1.807, 2.05) is 22.6 Å². The van der Waals surface area contributed by atoms with Crippen LogP contribution in [0.3, 0.4) is 0 Å². The minimum absolute atomic E-state index is 0.124. The summed E-state index contributed by atoms with van der Waals surface area (Å²) in [6.45, 7) is 0. The fourth-order valence-electron chi connectivity index (χ4n) is 2.03. The summed E-state index contributed by atoms with van der Waals surface area (Å²) in [5.41, 5.74) is 6.49. The molecule has 2 aromatic rings. The Hall–Kier alpha value is -1.66. The maximum Gasteiger partial charge on any atom is 0.207 e. The molecule has 1 unspecified atom stereocenters. The number of hydrogen-bond donors (Lipinski definition) is 4. The van der Waals surface area contributed by atoms with Crippen molar-refractivity contribution in [2.75, 3.05) is 5.73 Å². The van der Waals surface area contributed by atoms with Gasteiger partial charge in [-0.2, -0.15) is 0 Å². The molecule has 0 bridgehead atoms. The number of anilines is 1. The first-order valence-electron chi connectivity index (χ1n) is 5.55. The van der Waals surface area contributed by atoms with Gasteiger partial charge in [0.25, 0.3) is 0 Å². The minimum Gasteiger partial charge on any atom is -0.512 e. The summed E-state index contributed by atoms with van der Waals surface area (Å²) in [5.74, 6) is 0.0881. The van der Waals surface area contributed by atoms with Gasteiger partial charge in [-0.25, -0.2) is 15.0 Å². The van der Waals surface area contributed by atoms with E-state index in [-0.39, 0.29) is 11.6 Å². The molecule has 2 aromatic heterocycles. The second-order valence-electron chi connectivity index (χ2n) is 4.18. The highest BCUT2D eigenvalue weighted by atomic mass is 127. The monoisotopic (exact) mass is 391 g/mol. The van der Waals surface area contributed by atoms with Crippen LogP contribution in [-0.4, -0.2) is 47.0 Å². The summed E-state index contributed by atoms with van der Waals surface area (Å²) in [4.78, 5) is 12.2. The molecule has 20 heavy (non-hydrogen) atoms. The lowest BCUT2D eigenvalue weighted by molar-refractivity contribution is -0.0121. The zero-order chi connectivity index (χ0) is 14.4. The Morgan fingerprint density at radius 2 is 2.15 bits per heavy atom. The standard InChI is InChI=1S/C10H10IN5O4/c11-10-14-7(12)4-8(15-10)16(2-13-4)9-6(19)5(18)3(1-17)20-9/h1-2,5-6,9,17-19H,(H2,12,14,15)/t5-,6-,9?/m1/s1. The number of fused-ring (bicyclic) bond motifs is 1. The Bertz CT molecular complexity index is 702. The van der Waals surface area contributed by atoms with Crippen LogP contribution in [0, 0.1) is 3.83 Å². The molecule has 0 spiro atoms. The minimum atomic E-state index is -1.32. The van der Waals surface area contributed by atoms with Gasteiger partial charge in [-0.15, -0.1) is 0 Å². The lowest BCUT2D eigenvalue weighted by Crippen LogP contribution is -2.27. The van der Waals surface area contributed by atoms with Crippen molar-refractivity contribution in [2.24, 2.45) is 0 Å².